The molecule has 9 heteroatoms. The first-order chi connectivity index (χ1) is 15.3. The number of halogens is 3. The number of benzene rings is 2. The first kappa shape index (κ1) is 22.0. The Bertz CT molecular complexity index is 1420. The number of nitrogens with zero attached hydrogens (tertiary/aromatic N) is 4. The van der Waals surface area contributed by atoms with E-state index in [1.165, 1.54) is 6.33 Å². The average molecular weight is 459 g/mol. The van der Waals surface area contributed by atoms with E-state index in [1.54, 1.807) is 16.7 Å². The predicted molar refractivity (Wildman–Crippen MR) is 120 cm³/mol. The number of imidazole rings is 1. The van der Waals surface area contributed by atoms with Crippen molar-refractivity contribution < 1.29 is 8.78 Å². The molecule has 0 aliphatic carbocycles. The minimum Gasteiger partial charge on any atom is -0.320 e. The normalized spacial score (nSPS) is 11.6. The van der Waals surface area contributed by atoms with E-state index in [2.05, 4.69) is 4.98 Å². The van der Waals surface area contributed by atoms with Gasteiger partial charge in [0.15, 0.2) is 11.2 Å². The molecule has 0 saturated carbocycles. The van der Waals surface area contributed by atoms with Crippen LogP contribution in [-0.4, -0.2) is 18.7 Å². The van der Waals surface area contributed by atoms with Gasteiger partial charge in [-0.05, 0) is 36.1 Å². The topological polar surface area (TPSA) is 61.8 Å². The molecule has 0 amide bonds. The maximum absolute atomic E-state index is 14.7. The van der Waals surface area contributed by atoms with E-state index in [0.717, 1.165) is 26.8 Å². The highest BCUT2D eigenvalue weighted by Gasteiger charge is 2.21. The fraction of sp³-hybridized carbons (Fsp3) is 0.261. The quantitative estimate of drug-likeness (QED) is 0.431. The summed E-state index contributed by atoms with van der Waals surface area (Å²) in [6.45, 7) is 4.35. The van der Waals surface area contributed by atoms with Crippen molar-refractivity contribution in [1.29, 1.82) is 0 Å². The van der Waals surface area contributed by atoms with Gasteiger partial charge in [-0.1, -0.05) is 43.6 Å². The molecule has 0 aliphatic heterocycles. The highest BCUT2D eigenvalue weighted by atomic mass is 35.5. The Hall–Kier alpha value is -3.26. The van der Waals surface area contributed by atoms with Gasteiger partial charge in [0.1, 0.15) is 11.6 Å². The largest absolute Gasteiger partial charge is 0.337 e. The van der Waals surface area contributed by atoms with Crippen molar-refractivity contribution in [2.75, 3.05) is 0 Å². The van der Waals surface area contributed by atoms with Crippen molar-refractivity contribution in [3.63, 3.8) is 0 Å². The predicted octanol–water partition coefficient (Wildman–Crippen LogP) is 4.37. The van der Waals surface area contributed by atoms with Gasteiger partial charge in [-0.3, -0.25) is 9.36 Å². The zero-order valence-electron chi connectivity index (χ0n) is 17.6. The molecule has 4 rings (SSSR count). The van der Waals surface area contributed by atoms with Crippen molar-refractivity contribution in [2.45, 2.75) is 33.4 Å². The van der Waals surface area contributed by atoms with Crippen LogP contribution in [0.25, 0.3) is 16.9 Å². The Morgan fingerprint density at radius 3 is 2.53 bits per heavy atom. The summed E-state index contributed by atoms with van der Waals surface area (Å²) in [5, 5.41) is 0.521. The number of rotatable bonds is 6. The lowest BCUT2D eigenvalue weighted by Crippen LogP contribution is -2.40. The summed E-state index contributed by atoms with van der Waals surface area (Å²) in [7, 11) is 0. The smallest absolute Gasteiger partial charge is 0.320 e. The Balaban J connectivity index is 2.00. The monoisotopic (exact) mass is 458 g/mol. The van der Waals surface area contributed by atoms with E-state index >= 15 is 0 Å². The Morgan fingerprint density at radius 2 is 1.84 bits per heavy atom. The van der Waals surface area contributed by atoms with Crippen LogP contribution in [0.15, 0.2) is 58.4 Å². The van der Waals surface area contributed by atoms with Gasteiger partial charge in [-0.25, -0.2) is 23.1 Å². The molecule has 0 aliphatic rings. The van der Waals surface area contributed by atoms with E-state index in [1.807, 2.05) is 26.0 Å². The summed E-state index contributed by atoms with van der Waals surface area (Å²) < 4.78 is 31.8. The Morgan fingerprint density at radius 1 is 1.09 bits per heavy atom. The highest BCUT2D eigenvalue weighted by molar-refractivity contribution is 6.31. The Labute approximate surface area is 187 Å². The number of aromatic nitrogens is 4. The molecule has 32 heavy (non-hydrogen) atoms. The third kappa shape index (κ3) is 3.98. The van der Waals surface area contributed by atoms with Gasteiger partial charge in [0.25, 0.3) is 5.56 Å². The summed E-state index contributed by atoms with van der Waals surface area (Å²) in [5.41, 5.74) is -0.531. The average Bonchev–Trinajstić information content (AvgIpc) is 3.14. The molecule has 166 valence electrons. The second-order valence-corrected chi connectivity index (χ2v) is 8.40. The number of fused-ring (bicyclic) bond motifs is 1. The van der Waals surface area contributed by atoms with E-state index < -0.39 is 22.9 Å². The molecule has 0 saturated heterocycles. The number of hydrogen-bond donors (Lipinski definition) is 0. The van der Waals surface area contributed by atoms with Gasteiger partial charge in [0, 0.05) is 17.6 Å². The van der Waals surface area contributed by atoms with Crippen LogP contribution in [0.5, 0.6) is 0 Å². The standard InChI is InChI=1S/C23H21ClF2N4O2/c1-14(2)9-10-29-22(31)20-21(27-13-28(20)12-15-5-3-4-6-17(15)24)30(23(29)32)19-8-7-16(25)11-18(19)26/h3-8,11,13-14H,9-10,12H2,1-2H3. The van der Waals surface area contributed by atoms with Crippen LogP contribution in [0.1, 0.15) is 25.8 Å². The van der Waals surface area contributed by atoms with Gasteiger partial charge >= 0.3 is 5.69 Å². The second-order valence-electron chi connectivity index (χ2n) is 7.99. The van der Waals surface area contributed by atoms with Crippen molar-refractivity contribution in [1.82, 2.24) is 18.7 Å². The van der Waals surface area contributed by atoms with E-state index in [-0.39, 0.29) is 35.9 Å². The summed E-state index contributed by atoms with van der Waals surface area (Å²) in [5.74, 6) is -1.46. The van der Waals surface area contributed by atoms with E-state index in [9.17, 15) is 18.4 Å². The third-order valence-corrected chi connectivity index (χ3v) is 5.65. The summed E-state index contributed by atoms with van der Waals surface area (Å²) in [4.78, 5) is 30.9. The highest BCUT2D eigenvalue weighted by Crippen LogP contribution is 2.20. The van der Waals surface area contributed by atoms with Crippen LogP contribution in [0.3, 0.4) is 0 Å². The molecular weight excluding hydrogens is 438 g/mol. The maximum Gasteiger partial charge on any atom is 0.337 e. The molecule has 0 atom stereocenters. The fourth-order valence-electron chi connectivity index (χ4n) is 3.57. The second kappa shape index (κ2) is 8.70. The summed E-state index contributed by atoms with van der Waals surface area (Å²) in [6.07, 6.45) is 1.99. The van der Waals surface area contributed by atoms with Crippen LogP contribution in [-0.2, 0) is 13.1 Å². The molecule has 4 aromatic rings. The molecule has 0 fully saturated rings. The molecule has 2 aromatic carbocycles. The van der Waals surface area contributed by atoms with Gasteiger partial charge in [0.05, 0.1) is 18.6 Å². The van der Waals surface area contributed by atoms with Gasteiger partial charge in [-0.15, -0.1) is 0 Å². The lowest BCUT2D eigenvalue weighted by Gasteiger charge is -2.14. The van der Waals surface area contributed by atoms with Crippen LogP contribution >= 0.6 is 11.6 Å². The molecular formula is C23H21ClF2N4O2. The lowest BCUT2D eigenvalue weighted by molar-refractivity contribution is 0.490. The fourth-order valence-corrected chi connectivity index (χ4v) is 3.77. The molecule has 2 aromatic heterocycles. The lowest BCUT2D eigenvalue weighted by atomic mass is 10.1. The molecule has 0 N–H and O–H groups in total. The van der Waals surface area contributed by atoms with Crippen LogP contribution in [0.2, 0.25) is 5.02 Å². The van der Waals surface area contributed by atoms with Crippen molar-refractivity contribution in [3.05, 3.63) is 91.9 Å². The molecule has 2 heterocycles. The van der Waals surface area contributed by atoms with Crippen LogP contribution in [0.4, 0.5) is 8.78 Å². The maximum atomic E-state index is 14.7. The van der Waals surface area contributed by atoms with E-state index in [0.29, 0.717) is 17.5 Å². The van der Waals surface area contributed by atoms with Crippen molar-refractivity contribution >= 4 is 22.8 Å². The number of hydrogen-bond acceptors (Lipinski definition) is 3. The molecule has 0 unspecified atom stereocenters. The minimum absolute atomic E-state index is 0.00152. The first-order valence-corrected chi connectivity index (χ1v) is 10.5. The van der Waals surface area contributed by atoms with Crippen LogP contribution < -0.4 is 11.2 Å². The Kier molecular flexibility index (Phi) is 5.97. The molecule has 0 bridgehead atoms. The summed E-state index contributed by atoms with van der Waals surface area (Å²) in [6, 6.07) is 10.1. The zero-order chi connectivity index (χ0) is 23.0. The SMILES string of the molecule is CC(C)CCn1c(=O)c2c(ncn2Cc2ccccc2Cl)n(-c2ccc(F)cc2F)c1=O. The van der Waals surface area contributed by atoms with Gasteiger partial charge in [0.2, 0.25) is 0 Å². The minimum atomic E-state index is -0.928. The summed E-state index contributed by atoms with van der Waals surface area (Å²) >= 11 is 6.28. The molecule has 6 nitrogen and oxygen atoms in total. The van der Waals surface area contributed by atoms with Crippen molar-refractivity contribution in [3.8, 4) is 5.69 Å². The van der Waals surface area contributed by atoms with Crippen molar-refractivity contribution in [2.24, 2.45) is 5.92 Å². The zero-order valence-corrected chi connectivity index (χ0v) is 18.3. The van der Waals surface area contributed by atoms with E-state index in [4.69, 9.17) is 11.6 Å². The van der Waals surface area contributed by atoms with Gasteiger partial charge in [-0.2, -0.15) is 0 Å². The molecule has 0 spiro atoms. The first-order valence-electron chi connectivity index (χ1n) is 10.2. The third-order valence-electron chi connectivity index (χ3n) is 5.28. The molecule has 0 radical (unpaired) electrons. The van der Waals surface area contributed by atoms with Gasteiger partial charge < -0.3 is 4.57 Å². The van der Waals surface area contributed by atoms with Crippen LogP contribution in [0, 0.1) is 17.6 Å².